The van der Waals surface area contributed by atoms with Crippen molar-refractivity contribution in [1.82, 2.24) is 9.97 Å². The van der Waals surface area contributed by atoms with Gasteiger partial charge >= 0.3 is 0 Å². The van der Waals surface area contributed by atoms with Crippen LogP contribution in [0.4, 0.5) is 5.82 Å². The van der Waals surface area contributed by atoms with E-state index < -0.39 is 0 Å². The highest BCUT2D eigenvalue weighted by Gasteiger charge is 2.06. The summed E-state index contributed by atoms with van der Waals surface area (Å²) in [6, 6.07) is 0.405. The van der Waals surface area contributed by atoms with Crippen LogP contribution in [-0.4, -0.2) is 28.0 Å². The van der Waals surface area contributed by atoms with Crippen LogP contribution in [0.25, 0.3) is 0 Å². The monoisotopic (exact) mass is 245 g/mol. The van der Waals surface area contributed by atoms with Crippen LogP contribution in [0.5, 0.6) is 0 Å². The number of anilines is 1. The van der Waals surface area contributed by atoms with Crippen LogP contribution in [0.3, 0.4) is 0 Å². The number of aromatic nitrogens is 2. The van der Waals surface area contributed by atoms with E-state index in [0.29, 0.717) is 11.3 Å². The molecule has 0 aliphatic heterocycles. The molecule has 0 radical (unpaired) electrons. The van der Waals surface area contributed by atoms with Gasteiger partial charge in [0.25, 0.3) is 0 Å². The Bertz CT molecular complexity index is 320. The molecular weight excluding hydrogens is 230 g/mol. The first-order chi connectivity index (χ1) is 7.13. The molecule has 1 N–H and O–H groups in total. The summed E-state index contributed by atoms with van der Waals surface area (Å²) >= 11 is 7.59. The number of halogens is 1. The SMILES string of the molecule is CSCCC(C)Nc1nc(Cl)ncc1C. The topological polar surface area (TPSA) is 37.8 Å². The molecular formula is C10H16ClN3S. The van der Waals surface area contributed by atoms with E-state index in [-0.39, 0.29) is 0 Å². The number of nitrogens with one attached hydrogen (secondary N) is 1. The minimum absolute atomic E-state index is 0.292. The molecule has 0 aliphatic rings. The molecule has 0 saturated carbocycles. The van der Waals surface area contributed by atoms with Crippen molar-refractivity contribution in [3.05, 3.63) is 17.0 Å². The van der Waals surface area contributed by atoms with Crippen molar-refractivity contribution in [3.63, 3.8) is 0 Å². The summed E-state index contributed by atoms with van der Waals surface area (Å²) in [5.74, 6) is 1.98. The van der Waals surface area contributed by atoms with E-state index in [2.05, 4.69) is 28.5 Å². The van der Waals surface area contributed by atoms with Crippen molar-refractivity contribution in [2.75, 3.05) is 17.3 Å². The van der Waals surface area contributed by atoms with Crippen molar-refractivity contribution < 1.29 is 0 Å². The van der Waals surface area contributed by atoms with E-state index in [1.807, 2.05) is 18.7 Å². The normalized spacial score (nSPS) is 12.5. The average Bonchev–Trinajstić information content (AvgIpc) is 2.20. The molecule has 1 rings (SSSR count). The summed E-state index contributed by atoms with van der Waals surface area (Å²) in [6.07, 6.45) is 4.96. The molecule has 1 unspecified atom stereocenters. The summed E-state index contributed by atoms with van der Waals surface area (Å²) < 4.78 is 0. The third-order valence-electron chi connectivity index (χ3n) is 2.08. The lowest BCUT2D eigenvalue weighted by atomic mass is 10.2. The van der Waals surface area contributed by atoms with Crippen molar-refractivity contribution in [2.24, 2.45) is 0 Å². The van der Waals surface area contributed by atoms with Gasteiger partial charge in [-0.1, -0.05) is 0 Å². The minimum atomic E-state index is 0.292. The van der Waals surface area contributed by atoms with Crippen LogP contribution in [0, 0.1) is 6.92 Å². The third-order valence-corrected chi connectivity index (χ3v) is 2.91. The van der Waals surface area contributed by atoms with Crippen molar-refractivity contribution in [2.45, 2.75) is 26.3 Å². The van der Waals surface area contributed by atoms with Gasteiger partial charge in [-0.25, -0.2) is 9.97 Å². The molecule has 0 aliphatic carbocycles. The number of thioether (sulfide) groups is 1. The maximum absolute atomic E-state index is 5.74. The first-order valence-electron chi connectivity index (χ1n) is 4.88. The predicted octanol–water partition coefficient (Wildman–Crippen LogP) is 2.99. The maximum Gasteiger partial charge on any atom is 0.224 e. The molecule has 0 spiro atoms. The minimum Gasteiger partial charge on any atom is -0.367 e. The van der Waals surface area contributed by atoms with E-state index in [0.717, 1.165) is 23.6 Å². The standard InChI is InChI=1S/C10H16ClN3S/c1-7-6-12-10(11)14-9(7)13-8(2)4-5-15-3/h6,8H,4-5H2,1-3H3,(H,12,13,14). The van der Waals surface area contributed by atoms with Gasteiger partial charge in [0, 0.05) is 17.8 Å². The van der Waals surface area contributed by atoms with Crippen LogP contribution in [0.15, 0.2) is 6.20 Å². The Balaban J connectivity index is 2.59. The fraction of sp³-hybridized carbons (Fsp3) is 0.600. The van der Waals surface area contributed by atoms with E-state index in [1.54, 1.807) is 6.20 Å². The molecule has 0 aromatic carbocycles. The van der Waals surface area contributed by atoms with Crippen LogP contribution in [0.2, 0.25) is 5.28 Å². The van der Waals surface area contributed by atoms with Gasteiger partial charge in [0.2, 0.25) is 5.28 Å². The fourth-order valence-corrected chi connectivity index (χ4v) is 1.89. The van der Waals surface area contributed by atoms with Gasteiger partial charge in [-0.05, 0) is 43.9 Å². The zero-order chi connectivity index (χ0) is 11.3. The van der Waals surface area contributed by atoms with Crippen LogP contribution in [-0.2, 0) is 0 Å². The number of hydrogen-bond acceptors (Lipinski definition) is 4. The Kier molecular flexibility index (Phi) is 5.19. The van der Waals surface area contributed by atoms with Crippen molar-refractivity contribution in [3.8, 4) is 0 Å². The van der Waals surface area contributed by atoms with Gasteiger partial charge < -0.3 is 5.32 Å². The molecule has 1 heterocycles. The van der Waals surface area contributed by atoms with E-state index in [4.69, 9.17) is 11.6 Å². The second-order valence-electron chi connectivity index (χ2n) is 3.50. The Morgan fingerprint density at radius 3 is 3.00 bits per heavy atom. The van der Waals surface area contributed by atoms with Gasteiger partial charge in [0.15, 0.2) is 0 Å². The first kappa shape index (κ1) is 12.6. The highest BCUT2D eigenvalue weighted by molar-refractivity contribution is 7.98. The quantitative estimate of drug-likeness (QED) is 0.810. The highest BCUT2D eigenvalue weighted by atomic mass is 35.5. The summed E-state index contributed by atoms with van der Waals surface area (Å²) in [5.41, 5.74) is 1.02. The number of aryl methyl sites for hydroxylation is 1. The third kappa shape index (κ3) is 4.26. The lowest BCUT2D eigenvalue weighted by Gasteiger charge is -2.15. The van der Waals surface area contributed by atoms with E-state index >= 15 is 0 Å². The number of hydrogen-bond donors (Lipinski definition) is 1. The van der Waals surface area contributed by atoms with Crippen molar-refractivity contribution in [1.29, 1.82) is 0 Å². The molecule has 1 atom stereocenters. The van der Waals surface area contributed by atoms with E-state index in [1.165, 1.54) is 0 Å². The van der Waals surface area contributed by atoms with Crippen LogP contribution >= 0.6 is 23.4 Å². The lowest BCUT2D eigenvalue weighted by molar-refractivity contribution is 0.764. The maximum atomic E-state index is 5.74. The Labute approximate surface area is 100 Å². The number of rotatable bonds is 5. The van der Waals surface area contributed by atoms with Gasteiger partial charge in [-0.2, -0.15) is 11.8 Å². The van der Waals surface area contributed by atoms with E-state index in [9.17, 15) is 0 Å². The molecule has 0 bridgehead atoms. The Hall–Kier alpha value is -0.480. The molecule has 3 nitrogen and oxygen atoms in total. The fourth-order valence-electron chi connectivity index (χ4n) is 1.17. The first-order valence-corrected chi connectivity index (χ1v) is 6.65. The summed E-state index contributed by atoms with van der Waals surface area (Å²) in [5, 5.41) is 3.63. The largest absolute Gasteiger partial charge is 0.367 e. The second kappa shape index (κ2) is 6.18. The molecule has 0 fully saturated rings. The summed E-state index contributed by atoms with van der Waals surface area (Å²) in [7, 11) is 0. The Morgan fingerprint density at radius 2 is 2.33 bits per heavy atom. The van der Waals surface area contributed by atoms with Gasteiger partial charge in [0.05, 0.1) is 0 Å². The molecule has 1 aromatic rings. The lowest BCUT2D eigenvalue weighted by Crippen LogP contribution is -2.17. The highest BCUT2D eigenvalue weighted by Crippen LogP contribution is 2.15. The molecule has 0 saturated heterocycles. The predicted molar refractivity (Wildman–Crippen MR) is 67.9 cm³/mol. The van der Waals surface area contributed by atoms with Gasteiger partial charge in [-0.3, -0.25) is 0 Å². The van der Waals surface area contributed by atoms with Crippen molar-refractivity contribution >= 4 is 29.2 Å². The Morgan fingerprint density at radius 1 is 1.60 bits per heavy atom. The summed E-state index contributed by atoms with van der Waals surface area (Å²) in [4.78, 5) is 8.08. The van der Waals surface area contributed by atoms with Gasteiger partial charge in [0.1, 0.15) is 5.82 Å². The van der Waals surface area contributed by atoms with Gasteiger partial charge in [-0.15, -0.1) is 0 Å². The molecule has 0 amide bonds. The molecule has 1 aromatic heterocycles. The average molecular weight is 246 g/mol. The molecule has 15 heavy (non-hydrogen) atoms. The molecule has 84 valence electrons. The smallest absolute Gasteiger partial charge is 0.224 e. The zero-order valence-corrected chi connectivity index (χ0v) is 10.8. The second-order valence-corrected chi connectivity index (χ2v) is 4.82. The van der Waals surface area contributed by atoms with Crippen LogP contribution < -0.4 is 5.32 Å². The van der Waals surface area contributed by atoms with Crippen LogP contribution in [0.1, 0.15) is 18.9 Å². The zero-order valence-electron chi connectivity index (χ0n) is 9.25. The molecule has 5 heteroatoms. The summed E-state index contributed by atoms with van der Waals surface area (Å²) in [6.45, 7) is 4.12. The number of nitrogens with zero attached hydrogens (tertiary/aromatic N) is 2.